The monoisotopic (exact) mass is 499 g/mol. The first-order valence-electron chi connectivity index (χ1n) is 9.91. The predicted octanol–water partition coefficient (Wildman–Crippen LogP) is 5.58. The fourth-order valence-corrected chi connectivity index (χ4v) is 4.82. The van der Waals surface area contributed by atoms with Crippen LogP contribution in [0.15, 0.2) is 82.1 Å². The normalized spacial score (nSPS) is 11.3. The molecule has 4 aromatic rings. The van der Waals surface area contributed by atoms with Crippen LogP contribution in [0.3, 0.4) is 0 Å². The van der Waals surface area contributed by atoms with Crippen LogP contribution in [0.5, 0.6) is 5.75 Å². The molecule has 0 bridgehead atoms. The fourth-order valence-electron chi connectivity index (χ4n) is 3.38. The van der Waals surface area contributed by atoms with Gasteiger partial charge in [-0.25, -0.2) is 18.0 Å². The number of fused-ring (bicyclic) bond motifs is 1. The molecule has 1 amide bonds. The molecule has 0 spiro atoms. The maximum Gasteiger partial charge on any atom is 0.434 e. The molecule has 0 radical (unpaired) electrons. The lowest BCUT2D eigenvalue weighted by atomic mass is 10.1. The van der Waals surface area contributed by atoms with Crippen molar-refractivity contribution < 1.29 is 31.9 Å². The van der Waals surface area contributed by atoms with Crippen molar-refractivity contribution in [1.82, 2.24) is 0 Å². The van der Waals surface area contributed by atoms with Crippen molar-refractivity contribution >= 4 is 50.3 Å². The van der Waals surface area contributed by atoms with E-state index in [-0.39, 0.29) is 33.0 Å². The summed E-state index contributed by atoms with van der Waals surface area (Å²) in [6.07, 6.45) is -1.17. The molecule has 0 N–H and O–H groups in total. The van der Waals surface area contributed by atoms with Crippen LogP contribution in [0.1, 0.15) is 16.1 Å². The minimum Gasteiger partial charge on any atom is -0.465 e. The van der Waals surface area contributed by atoms with Crippen LogP contribution in [0, 0.1) is 6.92 Å². The molecular formula is C24H18ClNO7S. The van der Waals surface area contributed by atoms with Crippen molar-refractivity contribution in [2.45, 2.75) is 11.8 Å². The molecule has 174 valence electrons. The van der Waals surface area contributed by atoms with Gasteiger partial charge in [0.1, 0.15) is 22.7 Å². The van der Waals surface area contributed by atoms with Gasteiger partial charge < -0.3 is 13.9 Å². The number of methoxy groups -OCH3 is 1. The Morgan fingerprint density at radius 2 is 1.65 bits per heavy atom. The number of benzene rings is 3. The highest BCUT2D eigenvalue weighted by Crippen LogP contribution is 2.33. The molecule has 3 aromatic carbocycles. The second kappa shape index (κ2) is 9.20. The number of anilines is 1. The number of esters is 1. The number of hydrogen-bond donors (Lipinski definition) is 0. The van der Waals surface area contributed by atoms with E-state index in [0.29, 0.717) is 14.9 Å². The number of carbonyl (C=O) groups excluding carboxylic acids is 2. The van der Waals surface area contributed by atoms with Gasteiger partial charge in [-0.15, -0.1) is 0 Å². The van der Waals surface area contributed by atoms with Crippen molar-refractivity contribution in [3.63, 3.8) is 0 Å². The SMILES string of the molecule is COC(=O)c1c(C)oc2ccc(N(C(=O)Oc3ccccc3)S(=O)(=O)c3ccc(Cl)cc3)cc12. The van der Waals surface area contributed by atoms with Gasteiger partial charge in [-0.1, -0.05) is 29.8 Å². The average Bonchev–Trinajstić information content (AvgIpc) is 3.14. The van der Waals surface area contributed by atoms with E-state index in [1.54, 1.807) is 25.1 Å². The molecule has 0 fully saturated rings. The van der Waals surface area contributed by atoms with Crippen LogP contribution < -0.4 is 9.04 Å². The molecule has 0 aliphatic heterocycles. The highest BCUT2D eigenvalue weighted by atomic mass is 35.5. The van der Waals surface area contributed by atoms with Gasteiger partial charge in [-0.3, -0.25) is 0 Å². The van der Waals surface area contributed by atoms with Gasteiger partial charge in [0, 0.05) is 10.4 Å². The summed E-state index contributed by atoms with van der Waals surface area (Å²) in [5.74, 6) is -0.218. The molecule has 0 unspecified atom stereocenters. The highest BCUT2D eigenvalue weighted by Gasteiger charge is 2.34. The second-order valence-corrected chi connectivity index (χ2v) is 9.33. The second-order valence-electron chi connectivity index (χ2n) is 7.11. The van der Waals surface area contributed by atoms with E-state index in [0.717, 1.165) is 0 Å². The topological polar surface area (TPSA) is 103 Å². The van der Waals surface area contributed by atoms with Crippen LogP contribution >= 0.6 is 11.6 Å². The lowest BCUT2D eigenvalue weighted by Crippen LogP contribution is -2.39. The molecule has 1 heterocycles. The molecule has 8 nitrogen and oxygen atoms in total. The number of sulfonamides is 1. The van der Waals surface area contributed by atoms with E-state index in [1.165, 1.54) is 61.7 Å². The van der Waals surface area contributed by atoms with E-state index >= 15 is 0 Å². The first kappa shape index (κ1) is 23.3. The predicted molar refractivity (Wildman–Crippen MR) is 126 cm³/mol. The molecule has 34 heavy (non-hydrogen) atoms. The summed E-state index contributed by atoms with van der Waals surface area (Å²) in [5, 5.41) is 0.612. The largest absolute Gasteiger partial charge is 0.465 e. The molecule has 4 rings (SSSR count). The first-order chi connectivity index (χ1) is 16.2. The number of carbonyl (C=O) groups is 2. The number of ether oxygens (including phenoxy) is 2. The van der Waals surface area contributed by atoms with Gasteiger partial charge in [0.25, 0.3) is 10.0 Å². The Morgan fingerprint density at radius 1 is 0.971 bits per heavy atom. The summed E-state index contributed by atoms with van der Waals surface area (Å²) in [7, 11) is -3.22. The van der Waals surface area contributed by atoms with E-state index in [2.05, 4.69) is 0 Å². The third-order valence-electron chi connectivity index (χ3n) is 4.94. The number of halogens is 1. The maximum atomic E-state index is 13.6. The van der Waals surface area contributed by atoms with Gasteiger partial charge in [-0.05, 0) is 61.5 Å². The minimum atomic E-state index is -4.44. The minimum absolute atomic E-state index is 0.0608. The van der Waals surface area contributed by atoms with Gasteiger partial charge in [-0.2, -0.15) is 4.31 Å². The molecule has 10 heteroatoms. The van der Waals surface area contributed by atoms with E-state index in [4.69, 9.17) is 25.5 Å². The number of hydrogen-bond acceptors (Lipinski definition) is 7. The molecular weight excluding hydrogens is 482 g/mol. The average molecular weight is 500 g/mol. The standard InChI is InChI=1S/C24H18ClNO7S/c1-15-22(23(27)31-2)20-14-17(10-13-21(20)32-15)26(24(28)33-18-6-4-3-5-7-18)34(29,30)19-11-8-16(25)9-12-19/h3-14H,1-2H3. The van der Waals surface area contributed by atoms with Gasteiger partial charge >= 0.3 is 12.1 Å². The van der Waals surface area contributed by atoms with E-state index < -0.39 is 22.1 Å². The lowest BCUT2D eigenvalue weighted by Gasteiger charge is -2.22. The third kappa shape index (κ3) is 4.35. The van der Waals surface area contributed by atoms with Crippen molar-refractivity contribution in [2.24, 2.45) is 0 Å². The molecule has 0 aliphatic rings. The lowest BCUT2D eigenvalue weighted by molar-refractivity contribution is 0.0600. The van der Waals surface area contributed by atoms with Crippen molar-refractivity contribution in [2.75, 3.05) is 11.4 Å². The Balaban J connectivity index is 1.88. The summed E-state index contributed by atoms with van der Waals surface area (Å²) >= 11 is 5.90. The number of aryl methyl sites for hydroxylation is 1. The Morgan fingerprint density at radius 3 is 2.29 bits per heavy atom. The Bertz CT molecular complexity index is 1480. The third-order valence-corrected chi connectivity index (χ3v) is 6.90. The first-order valence-corrected chi connectivity index (χ1v) is 11.7. The molecule has 0 saturated heterocycles. The Kier molecular flexibility index (Phi) is 6.32. The summed E-state index contributed by atoms with van der Waals surface area (Å²) in [4.78, 5) is 25.3. The Labute approximate surface area is 200 Å². The zero-order valence-corrected chi connectivity index (χ0v) is 19.6. The molecule has 0 saturated carbocycles. The number of furan rings is 1. The van der Waals surface area contributed by atoms with Gasteiger partial charge in [0.05, 0.1) is 17.7 Å². The summed E-state index contributed by atoms with van der Waals surface area (Å²) < 4.78 is 43.4. The van der Waals surface area contributed by atoms with E-state index in [9.17, 15) is 18.0 Å². The summed E-state index contributed by atoms with van der Waals surface area (Å²) in [6, 6.07) is 17.6. The van der Waals surface area contributed by atoms with Crippen molar-refractivity contribution in [3.05, 3.63) is 89.1 Å². The molecule has 0 atom stereocenters. The summed E-state index contributed by atoms with van der Waals surface area (Å²) in [5.41, 5.74) is 0.385. The van der Waals surface area contributed by atoms with Crippen molar-refractivity contribution in [1.29, 1.82) is 0 Å². The van der Waals surface area contributed by atoms with E-state index in [1.807, 2.05) is 0 Å². The quantitative estimate of drug-likeness (QED) is 0.330. The summed E-state index contributed by atoms with van der Waals surface area (Å²) in [6.45, 7) is 1.58. The molecule has 1 aromatic heterocycles. The van der Waals surface area contributed by atoms with Crippen LogP contribution in [-0.4, -0.2) is 27.6 Å². The maximum absolute atomic E-state index is 13.6. The van der Waals surface area contributed by atoms with Gasteiger partial charge in [0.2, 0.25) is 0 Å². The van der Waals surface area contributed by atoms with Crippen LogP contribution in [-0.2, 0) is 14.8 Å². The van der Waals surface area contributed by atoms with Crippen LogP contribution in [0.2, 0.25) is 5.02 Å². The van der Waals surface area contributed by atoms with Crippen molar-refractivity contribution in [3.8, 4) is 5.75 Å². The van der Waals surface area contributed by atoms with Crippen LogP contribution in [0.4, 0.5) is 10.5 Å². The number of nitrogens with zero attached hydrogens (tertiary/aromatic N) is 1. The van der Waals surface area contributed by atoms with Gasteiger partial charge in [0.15, 0.2) is 0 Å². The number of amides is 1. The smallest absolute Gasteiger partial charge is 0.434 e. The Hall–Kier alpha value is -3.82. The van der Waals surface area contributed by atoms with Crippen LogP contribution in [0.25, 0.3) is 11.0 Å². The molecule has 0 aliphatic carbocycles. The zero-order chi connectivity index (χ0) is 24.5. The number of rotatable bonds is 5. The number of para-hydroxylation sites is 1. The zero-order valence-electron chi connectivity index (χ0n) is 18.0. The highest BCUT2D eigenvalue weighted by molar-refractivity contribution is 7.93. The fraction of sp³-hybridized carbons (Fsp3) is 0.0833.